The Labute approximate surface area is 153 Å². The molecule has 0 bridgehead atoms. The van der Waals surface area contributed by atoms with E-state index in [0.717, 1.165) is 14.5 Å². The lowest BCUT2D eigenvalue weighted by molar-refractivity contribution is -0.136. The number of carbonyl (C=O) groups is 1. The van der Waals surface area contributed by atoms with Gasteiger partial charge in [0, 0.05) is 4.47 Å². The maximum absolute atomic E-state index is 11.9. The van der Waals surface area contributed by atoms with Crippen LogP contribution in [-0.4, -0.2) is 12.6 Å². The maximum atomic E-state index is 11.9. The van der Waals surface area contributed by atoms with Crippen LogP contribution in [-0.2, 0) is 4.79 Å². The minimum Gasteiger partial charge on any atom is -0.480 e. The van der Waals surface area contributed by atoms with E-state index in [1.165, 1.54) is 5.56 Å². The van der Waals surface area contributed by atoms with Gasteiger partial charge in [0.15, 0.2) is 6.61 Å². The first kappa shape index (κ1) is 18.0. The minimum atomic E-state index is -0.434. The fraction of sp³-hybridized carbons (Fsp3) is 0.278. The predicted octanol–water partition coefficient (Wildman–Crippen LogP) is 5.63. The first-order chi connectivity index (χ1) is 10.9. The third-order valence-corrected chi connectivity index (χ3v) is 4.35. The molecule has 0 aliphatic heterocycles. The van der Waals surface area contributed by atoms with Gasteiger partial charge in [-0.1, -0.05) is 41.9 Å². The average Bonchev–Trinajstić information content (AvgIpc) is 2.46. The third kappa shape index (κ3) is 5.08. The second-order valence-corrected chi connectivity index (χ2v) is 7.29. The summed E-state index contributed by atoms with van der Waals surface area (Å²) in [5.74, 6) is 1.17. The van der Waals surface area contributed by atoms with Crippen molar-refractivity contribution < 1.29 is 14.3 Å². The molecule has 23 heavy (non-hydrogen) atoms. The highest BCUT2D eigenvalue weighted by atomic mass is 79.9. The molecule has 0 saturated carbocycles. The number of benzene rings is 2. The van der Waals surface area contributed by atoms with Gasteiger partial charge in [0.05, 0.1) is 4.47 Å². The van der Waals surface area contributed by atoms with Crippen LogP contribution in [0.25, 0.3) is 0 Å². The Balaban J connectivity index is 1.95. The maximum Gasteiger partial charge on any atom is 0.349 e. The molecule has 2 aromatic carbocycles. The number of ether oxygens (including phenoxy) is 2. The molecule has 0 aliphatic rings. The van der Waals surface area contributed by atoms with Gasteiger partial charge in [-0.25, -0.2) is 4.79 Å². The molecule has 0 N–H and O–H groups in total. The van der Waals surface area contributed by atoms with Crippen molar-refractivity contribution in [3.05, 3.63) is 56.5 Å². The highest BCUT2D eigenvalue weighted by Crippen LogP contribution is 2.32. The number of aryl methyl sites for hydroxylation is 1. The number of halogens is 2. The van der Waals surface area contributed by atoms with Crippen molar-refractivity contribution >= 4 is 37.8 Å². The van der Waals surface area contributed by atoms with Gasteiger partial charge in [-0.2, -0.15) is 0 Å². The first-order valence-electron chi connectivity index (χ1n) is 7.26. The van der Waals surface area contributed by atoms with Crippen molar-refractivity contribution in [3.63, 3.8) is 0 Å². The van der Waals surface area contributed by atoms with E-state index >= 15 is 0 Å². The van der Waals surface area contributed by atoms with E-state index in [1.54, 1.807) is 12.1 Å². The highest BCUT2D eigenvalue weighted by molar-refractivity contribution is 9.11. The quantitative estimate of drug-likeness (QED) is 0.445. The van der Waals surface area contributed by atoms with E-state index in [1.807, 2.05) is 31.2 Å². The predicted molar refractivity (Wildman–Crippen MR) is 98.2 cm³/mol. The van der Waals surface area contributed by atoms with Crippen molar-refractivity contribution in [3.8, 4) is 11.5 Å². The molecule has 2 aromatic rings. The second-order valence-electron chi connectivity index (χ2n) is 5.52. The van der Waals surface area contributed by atoms with Gasteiger partial charge in [-0.05, 0) is 64.2 Å². The molecule has 0 radical (unpaired) electrons. The minimum absolute atomic E-state index is 0.146. The summed E-state index contributed by atoms with van der Waals surface area (Å²) in [4.78, 5) is 11.9. The fourth-order valence-electron chi connectivity index (χ4n) is 2.08. The van der Waals surface area contributed by atoms with Gasteiger partial charge >= 0.3 is 5.97 Å². The molecule has 5 heteroatoms. The van der Waals surface area contributed by atoms with E-state index in [-0.39, 0.29) is 6.61 Å². The number of hydrogen-bond donors (Lipinski definition) is 0. The zero-order valence-electron chi connectivity index (χ0n) is 13.2. The molecule has 0 unspecified atom stereocenters. The Kier molecular flexibility index (Phi) is 6.25. The van der Waals surface area contributed by atoms with E-state index in [4.69, 9.17) is 9.47 Å². The number of esters is 1. The van der Waals surface area contributed by atoms with E-state index in [9.17, 15) is 4.79 Å². The Bertz CT molecular complexity index is 671. The number of hydrogen-bond acceptors (Lipinski definition) is 3. The highest BCUT2D eigenvalue weighted by Gasteiger charge is 2.11. The van der Waals surface area contributed by atoms with Gasteiger partial charge in [0.25, 0.3) is 0 Å². The Hall–Kier alpha value is -1.33. The van der Waals surface area contributed by atoms with Crippen molar-refractivity contribution in [1.82, 2.24) is 0 Å². The average molecular weight is 442 g/mol. The lowest BCUT2D eigenvalue weighted by Crippen LogP contribution is -2.18. The molecule has 0 aromatic heterocycles. The van der Waals surface area contributed by atoms with Gasteiger partial charge in [0.2, 0.25) is 0 Å². The van der Waals surface area contributed by atoms with Crippen molar-refractivity contribution in [2.24, 2.45) is 0 Å². The molecular formula is C18H18Br2O3. The standard InChI is InChI=1S/C18H18Br2O3/c1-11(2)13-4-6-15(7-5-13)23-17(21)10-22-18-12(3)8-14(19)9-16(18)20/h4-9,11H,10H2,1-3H3. The van der Waals surface area contributed by atoms with E-state index < -0.39 is 5.97 Å². The van der Waals surface area contributed by atoms with Crippen molar-refractivity contribution in [2.75, 3.05) is 6.61 Å². The van der Waals surface area contributed by atoms with Crippen LogP contribution < -0.4 is 9.47 Å². The summed E-state index contributed by atoms with van der Waals surface area (Å²) in [7, 11) is 0. The van der Waals surface area contributed by atoms with Crippen LogP contribution >= 0.6 is 31.9 Å². The topological polar surface area (TPSA) is 35.5 Å². The summed E-state index contributed by atoms with van der Waals surface area (Å²) in [5.41, 5.74) is 2.14. The first-order valence-corrected chi connectivity index (χ1v) is 8.84. The lowest BCUT2D eigenvalue weighted by Gasteiger charge is -2.12. The summed E-state index contributed by atoms with van der Waals surface area (Å²) >= 11 is 6.84. The van der Waals surface area contributed by atoms with Crippen LogP contribution in [0.15, 0.2) is 45.3 Å². The second kappa shape index (κ2) is 7.97. The Morgan fingerprint density at radius 2 is 1.78 bits per heavy atom. The summed E-state index contributed by atoms with van der Waals surface area (Å²) < 4.78 is 12.6. The molecule has 0 aliphatic carbocycles. The summed E-state index contributed by atoms with van der Waals surface area (Å²) in [5, 5.41) is 0. The van der Waals surface area contributed by atoms with Crippen LogP contribution in [0.2, 0.25) is 0 Å². The monoisotopic (exact) mass is 440 g/mol. The van der Waals surface area contributed by atoms with Crippen LogP contribution in [0.3, 0.4) is 0 Å². The normalized spacial score (nSPS) is 10.7. The van der Waals surface area contributed by atoms with Crippen LogP contribution in [0.5, 0.6) is 11.5 Å². The van der Waals surface area contributed by atoms with Gasteiger partial charge in [-0.15, -0.1) is 0 Å². The smallest absolute Gasteiger partial charge is 0.349 e. The largest absolute Gasteiger partial charge is 0.480 e. The summed E-state index contributed by atoms with van der Waals surface area (Å²) in [6.07, 6.45) is 0. The Morgan fingerprint density at radius 1 is 1.13 bits per heavy atom. The molecule has 0 amide bonds. The van der Waals surface area contributed by atoms with Crippen LogP contribution in [0.4, 0.5) is 0 Å². The van der Waals surface area contributed by atoms with Crippen LogP contribution in [0, 0.1) is 6.92 Å². The lowest BCUT2D eigenvalue weighted by atomic mass is 10.0. The molecule has 2 rings (SSSR count). The van der Waals surface area contributed by atoms with Gasteiger partial charge in [0.1, 0.15) is 11.5 Å². The number of rotatable bonds is 5. The Morgan fingerprint density at radius 3 is 2.35 bits per heavy atom. The van der Waals surface area contributed by atoms with Crippen LogP contribution in [0.1, 0.15) is 30.9 Å². The third-order valence-electron chi connectivity index (χ3n) is 3.31. The molecule has 0 atom stereocenters. The number of carbonyl (C=O) groups excluding carboxylic acids is 1. The van der Waals surface area contributed by atoms with E-state index in [0.29, 0.717) is 17.4 Å². The SMILES string of the molecule is Cc1cc(Br)cc(Br)c1OCC(=O)Oc1ccc(C(C)C)cc1. The van der Waals surface area contributed by atoms with Gasteiger partial charge in [-0.3, -0.25) is 0 Å². The van der Waals surface area contributed by atoms with Gasteiger partial charge < -0.3 is 9.47 Å². The zero-order chi connectivity index (χ0) is 17.0. The molecule has 0 saturated heterocycles. The van der Waals surface area contributed by atoms with E-state index in [2.05, 4.69) is 45.7 Å². The zero-order valence-corrected chi connectivity index (χ0v) is 16.4. The molecule has 122 valence electrons. The molecule has 0 spiro atoms. The molecule has 3 nitrogen and oxygen atoms in total. The molecule has 0 fully saturated rings. The molecular weight excluding hydrogens is 424 g/mol. The van der Waals surface area contributed by atoms with Crippen molar-refractivity contribution in [2.45, 2.75) is 26.7 Å². The summed E-state index contributed by atoms with van der Waals surface area (Å²) in [6, 6.07) is 11.3. The molecule has 0 heterocycles. The fourth-order valence-corrected chi connectivity index (χ4v) is 3.64. The summed E-state index contributed by atoms with van der Waals surface area (Å²) in [6.45, 7) is 6.01. The van der Waals surface area contributed by atoms with Crippen molar-refractivity contribution in [1.29, 1.82) is 0 Å².